The van der Waals surface area contributed by atoms with Crippen LogP contribution in [0.3, 0.4) is 0 Å². The summed E-state index contributed by atoms with van der Waals surface area (Å²) in [5, 5.41) is 20.6. The van der Waals surface area contributed by atoms with E-state index in [9.17, 15) is 14.7 Å². The molecule has 198 valence electrons. The molecule has 0 unspecified atom stereocenters. The second-order valence-electron chi connectivity index (χ2n) is 9.34. The normalized spacial score (nSPS) is 19.9. The van der Waals surface area contributed by atoms with Gasteiger partial charge in [0.05, 0.1) is 25.3 Å². The third-order valence-corrected chi connectivity index (χ3v) is 7.43. The van der Waals surface area contributed by atoms with Crippen molar-refractivity contribution < 1.29 is 28.9 Å². The highest BCUT2D eigenvalue weighted by Crippen LogP contribution is 2.45. The number of carbonyl (C=O) groups excluding carboxylic acids is 2. The van der Waals surface area contributed by atoms with Gasteiger partial charge in [0.1, 0.15) is 22.6 Å². The van der Waals surface area contributed by atoms with Crippen LogP contribution in [0.4, 0.5) is 5.13 Å². The van der Waals surface area contributed by atoms with Crippen molar-refractivity contribution in [2.75, 3.05) is 18.6 Å². The van der Waals surface area contributed by atoms with E-state index in [-0.39, 0.29) is 22.6 Å². The largest absolute Gasteiger partial charge is 0.507 e. The molecule has 9 nitrogen and oxygen atoms in total. The summed E-state index contributed by atoms with van der Waals surface area (Å²) in [6, 6.07) is 9.58. The average molecular weight is 536 g/mol. The topological polar surface area (TPSA) is 111 Å². The number of methoxy groups -OCH3 is 1. The number of nitrogens with zero attached hydrogens (tertiary/aromatic N) is 3. The molecule has 38 heavy (non-hydrogen) atoms. The number of rotatable bonds is 8. The van der Waals surface area contributed by atoms with Gasteiger partial charge in [-0.15, -0.1) is 10.2 Å². The molecule has 1 amide bonds. The number of Topliss-reactive ketones (excluding diaryl/α,β-unsaturated/α-hetero) is 1. The van der Waals surface area contributed by atoms with Crippen LogP contribution in [0.2, 0.25) is 0 Å². The lowest BCUT2D eigenvalue weighted by Gasteiger charge is -2.23. The van der Waals surface area contributed by atoms with E-state index < -0.39 is 17.7 Å². The highest BCUT2D eigenvalue weighted by atomic mass is 32.1. The first-order chi connectivity index (χ1) is 18.3. The van der Waals surface area contributed by atoms with E-state index in [1.165, 1.54) is 23.3 Å². The van der Waals surface area contributed by atoms with Crippen LogP contribution in [-0.4, -0.2) is 46.8 Å². The fourth-order valence-corrected chi connectivity index (χ4v) is 5.47. The fraction of sp³-hybridized carbons (Fsp3) is 0.357. The third kappa shape index (κ3) is 4.60. The zero-order valence-corrected chi connectivity index (χ0v) is 22.5. The SMILES string of the molecule is CCCCOc1ccc([C@@H]2C(=C(O)c3ccc4c(c3)C[C@@H](C)O4)C(=O)C(=O)N2c2nnc(C)s2)cc1OC. The Balaban J connectivity index is 1.64. The second-order valence-corrected chi connectivity index (χ2v) is 10.5. The molecule has 2 aliphatic heterocycles. The van der Waals surface area contributed by atoms with Crippen molar-refractivity contribution in [3.05, 3.63) is 63.7 Å². The van der Waals surface area contributed by atoms with Crippen molar-refractivity contribution >= 4 is 33.9 Å². The molecule has 2 aliphatic rings. The Hall–Kier alpha value is -3.92. The number of amides is 1. The molecule has 0 bridgehead atoms. The van der Waals surface area contributed by atoms with Crippen molar-refractivity contribution in [1.82, 2.24) is 10.2 Å². The Labute approximate surface area is 224 Å². The molecule has 10 heteroatoms. The van der Waals surface area contributed by atoms with Crippen LogP contribution >= 0.6 is 11.3 Å². The monoisotopic (exact) mass is 535 g/mol. The predicted octanol–water partition coefficient (Wildman–Crippen LogP) is 4.98. The molecular formula is C28H29N3O6S. The quantitative estimate of drug-likeness (QED) is 0.186. The minimum Gasteiger partial charge on any atom is -0.507 e. The number of aromatic nitrogens is 2. The number of benzene rings is 2. The number of unbranched alkanes of at least 4 members (excludes halogenated alkanes) is 1. The molecule has 1 N–H and O–H groups in total. The molecule has 2 atom stereocenters. The Morgan fingerprint density at radius 2 is 2.00 bits per heavy atom. The molecule has 2 aromatic carbocycles. The molecule has 3 aromatic rings. The molecule has 0 saturated carbocycles. The van der Waals surface area contributed by atoms with Gasteiger partial charge in [-0.05, 0) is 61.7 Å². The van der Waals surface area contributed by atoms with Crippen LogP contribution in [0.25, 0.3) is 5.76 Å². The standard InChI is InChI=1S/C28H29N3O6S/c1-5-6-11-36-21-10-7-17(14-22(21)35-4)24-23(26(33)27(34)31(24)28-30-29-16(3)38-28)25(32)18-8-9-20-19(13-18)12-15(2)37-20/h7-10,13-15,24,32H,5-6,11-12H2,1-4H3/t15-,24-/m1/s1. The fourth-order valence-electron chi connectivity index (χ4n) is 4.75. The molecule has 1 saturated heterocycles. The minimum absolute atomic E-state index is 0.0270. The van der Waals surface area contributed by atoms with Crippen LogP contribution in [0.15, 0.2) is 42.0 Å². The number of aliphatic hydroxyl groups excluding tert-OH is 1. The molecule has 1 fully saturated rings. The summed E-state index contributed by atoms with van der Waals surface area (Å²) in [6.07, 6.45) is 2.60. The first kappa shape index (κ1) is 25.7. The van der Waals surface area contributed by atoms with Crippen molar-refractivity contribution in [3.63, 3.8) is 0 Å². The molecule has 0 aliphatic carbocycles. The summed E-state index contributed by atoms with van der Waals surface area (Å²) >= 11 is 1.20. The zero-order chi connectivity index (χ0) is 27.0. The van der Waals surface area contributed by atoms with E-state index in [4.69, 9.17) is 14.2 Å². The van der Waals surface area contributed by atoms with E-state index in [1.54, 1.807) is 43.3 Å². The van der Waals surface area contributed by atoms with Crippen molar-refractivity contribution in [2.24, 2.45) is 0 Å². The smallest absolute Gasteiger partial charge is 0.301 e. The molecule has 1 aromatic heterocycles. The summed E-state index contributed by atoms with van der Waals surface area (Å²) in [6.45, 7) is 6.36. The molecule has 0 radical (unpaired) electrons. The number of carbonyl (C=O) groups is 2. The molecule has 0 spiro atoms. The number of ether oxygens (including phenoxy) is 3. The van der Waals surface area contributed by atoms with E-state index in [1.807, 2.05) is 6.92 Å². The number of aryl methyl sites for hydroxylation is 1. The summed E-state index contributed by atoms with van der Waals surface area (Å²) in [5.74, 6) is -0.0799. The van der Waals surface area contributed by atoms with Gasteiger partial charge in [-0.1, -0.05) is 30.7 Å². The molecule has 3 heterocycles. The van der Waals surface area contributed by atoms with Gasteiger partial charge in [0.25, 0.3) is 5.78 Å². The van der Waals surface area contributed by atoms with Gasteiger partial charge in [0, 0.05) is 12.0 Å². The maximum Gasteiger partial charge on any atom is 0.301 e. The summed E-state index contributed by atoms with van der Waals surface area (Å²) < 4.78 is 17.2. The average Bonchev–Trinajstić information content (AvgIpc) is 3.58. The third-order valence-electron chi connectivity index (χ3n) is 6.59. The van der Waals surface area contributed by atoms with Crippen molar-refractivity contribution in [3.8, 4) is 17.2 Å². The summed E-state index contributed by atoms with van der Waals surface area (Å²) in [7, 11) is 1.53. The zero-order valence-electron chi connectivity index (χ0n) is 21.7. The molecular weight excluding hydrogens is 506 g/mol. The van der Waals surface area contributed by atoms with Crippen LogP contribution in [0, 0.1) is 6.92 Å². The van der Waals surface area contributed by atoms with Gasteiger partial charge in [-0.25, -0.2) is 0 Å². The number of anilines is 1. The van der Waals surface area contributed by atoms with Crippen LogP contribution in [-0.2, 0) is 16.0 Å². The predicted molar refractivity (Wildman–Crippen MR) is 143 cm³/mol. The lowest BCUT2D eigenvalue weighted by atomic mass is 9.94. The van der Waals surface area contributed by atoms with Crippen LogP contribution < -0.4 is 19.1 Å². The number of hydrogen-bond donors (Lipinski definition) is 1. The van der Waals surface area contributed by atoms with Crippen LogP contribution in [0.5, 0.6) is 17.2 Å². The Bertz CT molecular complexity index is 1430. The number of aliphatic hydroxyl groups is 1. The highest BCUT2D eigenvalue weighted by Gasteiger charge is 2.48. The van der Waals surface area contributed by atoms with E-state index >= 15 is 0 Å². The van der Waals surface area contributed by atoms with Gasteiger partial charge in [-0.3, -0.25) is 14.5 Å². The molecule has 5 rings (SSSR count). The first-order valence-corrected chi connectivity index (χ1v) is 13.4. The lowest BCUT2D eigenvalue weighted by Crippen LogP contribution is -2.29. The Kier molecular flexibility index (Phi) is 7.07. The lowest BCUT2D eigenvalue weighted by molar-refractivity contribution is -0.132. The van der Waals surface area contributed by atoms with Crippen LogP contribution in [0.1, 0.15) is 54.4 Å². The maximum atomic E-state index is 13.4. The number of hydrogen-bond acceptors (Lipinski definition) is 9. The van der Waals surface area contributed by atoms with Gasteiger partial charge in [0.2, 0.25) is 5.13 Å². The van der Waals surface area contributed by atoms with Crippen molar-refractivity contribution in [2.45, 2.75) is 52.2 Å². The minimum atomic E-state index is -0.940. The highest BCUT2D eigenvalue weighted by molar-refractivity contribution is 7.15. The maximum absolute atomic E-state index is 13.4. The second kappa shape index (κ2) is 10.4. The van der Waals surface area contributed by atoms with Gasteiger partial charge in [0.15, 0.2) is 11.5 Å². The van der Waals surface area contributed by atoms with Gasteiger partial charge in [-0.2, -0.15) is 0 Å². The number of fused-ring (bicyclic) bond motifs is 1. The Morgan fingerprint density at radius 3 is 2.71 bits per heavy atom. The number of ketones is 1. The van der Waals surface area contributed by atoms with E-state index in [0.717, 1.165) is 24.2 Å². The first-order valence-electron chi connectivity index (χ1n) is 12.5. The Morgan fingerprint density at radius 1 is 1.18 bits per heavy atom. The summed E-state index contributed by atoms with van der Waals surface area (Å²) in [4.78, 5) is 28.1. The van der Waals surface area contributed by atoms with E-state index in [2.05, 4.69) is 17.1 Å². The summed E-state index contributed by atoms with van der Waals surface area (Å²) in [5.41, 5.74) is 1.90. The van der Waals surface area contributed by atoms with Crippen molar-refractivity contribution in [1.29, 1.82) is 0 Å². The van der Waals surface area contributed by atoms with Gasteiger partial charge < -0.3 is 19.3 Å². The van der Waals surface area contributed by atoms with Gasteiger partial charge >= 0.3 is 5.91 Å². The van der Waals surface area contributed by atoms with E-state index in [0.29, 0.717) is 40.7 Å².